The Morgan fingerprint density at radius 1 is 1.18 bits per heavy atom. The molecule has 244 valence electrons. The van der Waals surface area contributed by atoms with Crippen molar-refractivity contribution in [2.45, 2.75) is 81.7 Å². The third-order valence-electron chi connectivity index (χ3n) is 9.40. The molecule has 0 aromatic heterocycles. The molecule has 14 nitrogen and oxygen atoms in total. The number of nitrogens with one attached hydrogen (secondary N) is 1. The number of benzene rings is 1. The van der Waals surface area contributed by atoms with Gasteiger partial charge in [0.25, 0.3) is 0 Å². The van der Waals surface area contributed by atoms with Crippen molar-refractivity contribution in [3.8, 4) is 11.5 Å². The van der Waals surface area contributed by atoms with Crippen molar-refractivity contribution in [2.75, 3.05) is 20.3 Å². The Balaban J connectivity index is 1.35. The van der Waals surface area contributed by atoms with Crippen LogP contribution in [0.5, 0.6) is 11.5 Å². The van der Waals surface area contributed by atoms with Gasteiger partial charge in [-0.3, -0.25) is 14.4 Å². The van der Waals surface area contributed by atoms with Gasteiger partial charge in [0.05, 0.1) is 31.0 Å². The van der Waals surface area contributed by atoms with E-state index in [1.54, 1.807) is 6.08 Å². The van der Waals surface area contributed by atoms with Gasteiger partial charge in [-0.05, 0) is 62.1 Å². The molecule has 1 aromatic rings. The average molecular weight is 632 g/mol. The van der Waals surface area contributed by atoms with Gasteiger partial charge in [-0.25, -0.2) is 9.59 Å². The molecule has 3 aliphatic carbocycles. The molecule has 0 radical (unpaired) electrons. The topological polar surface area (TPSA) is 204 Å². The molecule has 2 bridgehead atoms. The summed E-state index contributed by atoms with van der Waals surface area (Å²) < 4.78 is 27.6. The highest BCUT2D eigenvalue weighted by Crippen LogP contribution is 2.68. The van der Waals surface area contributed by atoms with Crippen molar-refractivity contribution < 1.29 is 63.0 Å². The highest BCUT2D eigenvalue weighted by molar-refractivity contribution is 5.86. The third kappa shape index (κ3) is 5.61. The van der Waals surface area contributed by atoms with Crippen LogP contribution in [0.15, 0.2) is 24.0 Å². The fourth-order valence-corrected chi connectivity index (χ4v) is 7.34. The number of hydrogen-bond donors (Lipinski definition) is 4. The number of carbonyl (C=O) groups is 5. The largest absolute Gasteiger partial charge is 0.493 e. The average Bonchev–Trinajstić information content (AvgIpc) is 3.34. The van der Waals surface area contributed by atoms with Crippen LogP contribution in [-0.4, -0.2) is 89.3 Å². The number of carbonyl (C=O) groups excluding carboxylic acids is 4. The predicted molar refractivity (Wildman–Crippen MR) is 151 cm³/mol. The maximum Gasteiger partial charge on any atom is 0.348 e. The van der Waals surface area contributed by atoms with Crippen LogP contribution in [0.2, 0.25) is 0 Å². The van der Waals surface area contributed by atoms with E-state index in [0.29, 0.717) is 24.3 Å². The Bertz CT molecular complexity index is 1440. The van der Waals surface area contributed by atoms with Crippen molar-refractivity contribution in [3.05, 3.63) is 35.1 Å². The fraction of sp³-hybridized carbons (Fsp3) is 0.581. The lowest BCUT2D eigenvalue weighted by Gasteiger charge is -2.61. The number of hydrogen-bond acceptors (Lipinski definition) is 12. The van der Waals surface area contributed by atoms with Gasteiger partial charge in [-0.2, -0.15) is 0 Å². The van der Waals surface area contributed by atoms with Crippen molar-refractivity contribution in [3.63, 3.8) is 0 Å². The van der Waals surface area contributed by atoms with Crippen molar-refractivity contribution in [1.29, 1.82) is 0 Å². The molecule has 45 heavy (non-hydrogen) atoms. The zero-order valence-corrected chi connectivity index (χ0v) is 25.2. The summed E-state index contributed by atoms with van der Waals surface area (Å²) in [6, 6.07) is 3.80. The summed E-state index contributed by atoms with van der Waals surface area (Å²) in [5.41, 5.74) is -0.183. The molecular weight excluding hydrogens is 594 g/mol. The monoisotopic (exact) mass is 631 g/mol. The number of ether oxygens (including phenoxy) is 5. The lowest BCUT2D eigenvalue weighted by Crippen LogP contribution is -2.69. The first kappa shape index (κ1) is 32.2. The molecule has 5 rings (SSSR count). The Kier molecular flexibility index (Phi) is 8.82. The van der Waals surface area contributed by atoms with E-state index in [1.165, 1.54) is 14.0 Å². The Morgan fingerprint density at radius 3 is 2.62 bits per heavy atom. The van der Waals surface area contributed by atoms with Crippen LogP contribution < -0.4 is 14.8 Å². The molecule has 1 aliphatic heterocycles. The second kappa shape index (κ2) is 12.3. The zero-order valence-electron chi connectivity index (χ0n) is 25.2. The minimum absolute atomic E-state index is 0.0594. The Morgan fingerprint density at radius 2 is 1.93 bits per heavy atom. The smallest absolute Gasteiger partial charge is 0.348 e. The lowest BCUT2D eigenvalue weighted by atomic mass is 9.45. The highest BCUT2D eigenvalue weighted by Gasteiger charge is 2.72. The number of aliphatic hydroxyl groups is 2. The number of carboxylic acid groups (broad SMARTS) is 1. The van der Waals surface area contributed by atoms with Crippen molar-refractivity contribution in [1.82, 2.24) is 5.32 Å². The number of aliphatic carboxylic acids is 1. The third-order valence-corrected chi connectivity index (χ3v) is 9.40. The Labute approximate surface area is 258 Å². The van der Waals surface area contributed by atoms with Gasteiger partial charge in [0.1, 0.15) is 11.9 Å². The van der Waals surface area contributed by atoms with Crippen LogP contribution in [0.4, 0.5) is 0 Å². The van der Waals surface area contributed by atoms with E-state index in [-0.39, 0.29) is 30.6 Å². The van der Waals surface area contributed by atoms with Gasteiger partial charge >= 0.3 is 23.9 Å². The predicted octanol–water partition coefficient (Wildman–Crippen LogP) is 0.675. The molecule has 1 aromatic carbocycles. The highest BCUT2D eigenvalue weighted by atomic mass is 16.6. The molecule has 1 heterocycles. The number of methoxy groups -OCH3 is 1. The van der Waals surface area contributed by atoms with E-state index >= 15 is 0 Å². The first-order chi connectivity index (χ1) is 21.3. The SMILES string of the molecule is COc1ccc2c3c1O[C@H]1C(OC(=O)C[C@H](OC(=O)CCNC(=O)[C@H](C)O)C(=O)OCC(=O)O)=CC[C@@]4(O)[C@@H](C2)C(C)CC[C@]314. The maximum atomic E-state index is 13.3. The first-order valence-electron chi connectivity index (χ1n) is 14.9. The van der Waals surface area contributed by atoms with Crippen LogP contribution in [-0.2, 0) is 50.0 Å². The van der Waals surface area contributed by atoms with E-state index in [2.05, 4.69) is 17.0 Å². The molecule has 4 aliphatic rings. The molecule has 1 unspecified atom stereocenters. The Hall–Kier alpha value is -4.17. The summed E-state index contributed by atoms with van der Waals surface area (Å²) in [7, 11) is 1.52. The molecule has 4 N–H and O–H groups in total. The van der Waals surface area contributed by atoms with E-state index in [0.717, 1.165) is 17.5 Å². The van der Waals surface area contributed by atoms with Crippen LogP contribution in [0.3, 0.4) is 0 Å². The number of esters is 3. The summed E-state index contributed by atoms with van der Waals surface area (Å²) in [6.07, 6.45) is -1.40. The molecule has 1 spiro atoms. The van der Waals surface area contributed by atoms with Crippen molar-refractivity contribution >= 4 is 29.8 Å². The molecule has 1 amide bonds. The number of aliphatic hydroxyl groups excluding tert-OH is 1. The first-order valence-corrected chi connectivity index (χ1v) is 14.9. The molecule has 14 heteroatoms. The number of carboxylic acids is 1. The molecule has 7 atom stereocenters. The van der Waals surface area contributed by atoms with Gasteiger partial charge in [0, 0.05) is 12.1 Å². The van der Waals surface area contributed by atoms with Gasteiger partial charge in [-0.15, -0.1) is 0 Å². The van der Waals surface area contributed by atoms with Crippen LogP contribution in [0, 0.1) is 11.8 Å². The fourth-order valence-electron chi connectivity index (χ4n) is 7.34. The summed E-state index contributed by atoms with van der Waals surface area (Å²) >= 11 is 0. The van der Waals surface area contributed by atoms with Crippen molar-refractivity contribution in [2.24, 2.45) is 11.8 Å². The molecule has 0 saturated heterocycles. The zero-order chi connectivity index (χ0) is 32.7. The lowest BCUT2D eigenvalue weighted by molar-refractivity contribution is -0.176. The number of rotatable bonds is 12. The van der Waals surface area contributed by atoms with Gasteiger partial charge in [0.15, 0.2) is 24.2 Å². The standard InChI is InChI=1S/C31H37NO13/c1-15-6-9-30-25-17-4-5-19(41-3)26(25)45-27(30)20(7-10-31(30,40)18(15)12-17)43-24(37)13-21(29(39)42-14-22(34)35)44-23(36)8-11-32-28(38)16(2)33/h4-5,7,15-16,18,21,27,33,40H,6,8-14H2,1-3H3,(H,32,38)(H,34,35)/t15?,16-,18-,21-,27-,30-,31+/m0/s1. The minimum Gasteiger partial charge on any atom is -0.493 e. The normalized spacial score (nSPS) is 28.3. The van der Waals surface area contributed by atoms with Gasteiger partial charge in [-0.1, -0.05) is 13.0 Å². The second-order valence-corrected chi connectivity index (χ2v) is 12.0. The maximum absolute atomic E-state index is 13.3. The van der Waals surface area contributed by atoms with E-state index in [1.807, 2.05) is 12.1 Å². The van der Waals surface area contributed by atoms with E-state index in [4.69, 9.17) is 24.1 Å². The van der Waals surface area contributed by atoms with Crippen LogP contribution >= 0.6 is 0 Å². The molecule has 1 fully saturated rings. The summed E-state index contributed by atoms with van der Waals surface area (Å²) in [5, 5.41) is 32.8. The molecular formula is C31H37NO13. The molecule has 1 saturated carbocycles. The summed E-state index contributed by atoms with van der Waals surface area (Å²) in [4.78, 5) is 60.8. The second-order valence-electron chi connectivity index (χ2n) is 12.0. The summed E-state index contributed by atoms with van der Waals surface area (Å²) in [6.45, 7) is 2.10. The van der Waals surface area contributed by atoms with Crippen LogP contribution in [0.1, 0.15) is 57.1 Å². The summed E-state index contributed by atoms with van der Waals surface area (Å²) in [5.74, 6) is -4.16. The van der Waals surface area contributed by atoms with Crippen LogP contribution in [0.25, 0.3) is 0 Å². The van der Waals surface area contributed by atoms with E-state index < -0.39 is 78.6 Å². The van der Waals surface area contributed by atoms with Gasteiger partial charge < -0.3 is 44.3 Å². The number of amides is 1. The van der Waals surface area contributed by atoms with E-state index in [9.17, 15) is 34.2 Å². The minimum atomic E-state index is -1.85. The quantitative estimate of drug-likeness (QED) is 0.185. The van der Waals surface area contributed by atoms with Gasteiger partial charge in [0.2, 0.25) is 12.0 Å².